The molecule has 2 N–H and O–H groups in total. The largest absolute Gasteiger partial charge is 0.444 e. The molecule has 6 nitrogen and oxygen atoms in total. The number of amides is 1. The zero-order valence-corrected chi connectivity index (χ0v) is 16.9. The fourth-order valence-electron chi connectivity index (χ4n) is 3.26. The van der Waals surface area contributed by atoms with E-state index in [9.17, 15) is 23.2 Å². The first-order valence-corrected chi connectivity index (χ1v) is 9.57. The molecule has 0 unspecified atom stereocenters. The van der Waals surface area contributed by atoms with Gasteiger partial charge >= 0.3 is 12.3 Å². The maximum atomic E-state index is 13.0. The minimum atomic E-state index is -4.51. The van der Waals surface area contributed by atoms with Crippen molar-refractivity contribution in [1.29, 1.82) is 5.26 Å². The van der Waals surface area contributed by atoms with Crippen LogP contribution in [0.5, 0.6) is 0 Å². The minimum Gasteiger partial charge on any atom is -0.444 e. The highest BCUT2D eigenvalue weighted by atomic mass is 19.4. The van der Waals surface area contributed by atoms with E-state index >= 15 is 0 Å². The van der Waals surface area contributed by atoms with Crippen LogP contribution in [-0.4, -0.2) is 43.9 Å². The molecule has 0 atom stereocenters. The van der Waals surface area contributed by atoms with Crippen LogP contribution in [0.15, 0.2) is 18.2 Å². The number of nitrogens with one attached hydrogen (secondary N) is 2. The molecule has 0 aromatic heterocycles. The summed E-state index contributed by atoms with van der Waals surface area (Å²) in [6.45, 7) is 7.43. The first-order chi connectivity index (χ1) is 13.5. The molecule has 29 heavy (non-hydrogen) atoms. The smallest absolute Gasteiger partial charge is 0.416 e. The number of alkyl carbamates (subject to hydrolysis) is 1. The van der Waals surface area contributed by atoms with Crippen LogP contribution in [0.25, 0.3) is 0 Å². The quantitative estimate of drug-likeness (QED) is 0.772. The van der Waals surface area contributed by atoms with E-state index in [1.54, 1.807) is 20.8 Å². The average molecular weight is 412 g/mol. The number of hydrogen-bond acceptors (Lipinski definition) is 5. The van der Waals surface area contributed by atoms with Crippen molar-refractivity contribution in [3.8, 4) is 6.07 Å². The van der Waals surface area contributed by atoms with Gasteiger partial charge in [-0.15, -0.1) is 0 Å². The van der Waals surface area contributed by atoms with Gasteiger partial charge in [0.25, 0.3) is 0 Å². The molecular weight excluding hydrogens is 385 g/mol. The highest BCUT2D eigenvalue weighted by molar-refractivity contribution is 5.68. The normalized spacial score (nSPS) is 15.5. The molecule has 0 saturated carbocycles. The first-order valence-electron chi connectivity index (χ1n) is 9.57. The number of nitrogens with zero attached hydrogens (tertiary/aromatic N) is 2. The number of nitriles is 1. The second kappa shape index (κ2) is 9.35. The molecule has 1 heterocycles. The molecular formula is C20H27F3N4O2. The summed E-state index contributed by atoms with van der Waals surface area (Å²) in [5.74, 6) is 0. The van der Waals surface area contributed by atoms with Gasteiger partial charge in [0.05, 0.1) is 16.8 Å². The number of hydrogen-bond donors (Lipinski definition) is 2. The van der Waals surface area contributed by atoms with Crippen LogP contribution in [0.3, 0.4) is 0 Å². The van der Waals surface area contributed by atoms with Crippen LogP contribution in [0.4, 0.5) is 23.7 Å². The predicted molar refractivity (Wildman–Crippen MR) is 104 cm³/mol. The van der Waals surface area contributed by atoms with Crippen molar-refractivity contribution in [3.63, 3.8) is 0 Å². The number of carbonyl (C=O) groups excluding carboxylic acids is 1. The molecule has 1 fully saturated rings. The third-order valence-corrected chi connectivity index (χ3v) is 4.52. The Bertz CT molecular complexity index is 748. The first kappa shape index (κ1) is 22.8. The van der Waals surface area contributed by atoms with Crippen molar-refractivity contribution >= 4 is 11.8 Å². The van der Waals surface area contributed by atoms with Crippen molar-refractivity contribution in [2.75, 3.05) is 31.1 Å². The Morgan fingerprint density at radius 3 is 2.52 bits per heavy atom. The second-order valence-corrected chi connectivity index (χ2v) is 7.94. The SMILES string of the molecule is CC(C)(C)OC(=O)NCCN(c1ccc(C(F)(F)F)cc1C#N)C1CCNCC1. The van der Waals surface area contributed by atoms with Crippen molar-refractivity contribution in [2.24, 2.45) is 0 Å². The average Bonchev–Trinajstić information content (AvgIpc) is 2.63. The van der Waals surface area contributed by atoms with Crippen LogP contribution in [0.1, 0.15) is 44.7 Å². The second-order valence-electron chi connectivity index (χ2n) is 7.94. The van der Waals surface area contributed by atoms with E-state index < -0.39 is 23.4 Å². The number of alkyl halides is 3. The van der Waals surface area contributed by atoms with E-state index in [1.807, 2.05) is 11.0 Å². The van der Waals surface area contributed by atoms with Crippen LogP contribution < -0.4 is 15.5 Å². The van der Waals surface area contributed by atoms with Gasteiger partial charge in [0, 0.05) is 19.1 Å². The summed E-state index contributed by atoms with van der Waals surface area (Å²) >= 11 is 0. The Morgan fingerprint density at radius 2 is 1.97 bits per heavy atom. The highest BCUT2D eigenvalue weighted by Gasteiger charge is 2.32. The van der Waals surface area contributed by atoms with E-state index in [0.717, 1.165) is 38.1 Å². The van der Waals surface area contributed by atoms with E-state index in [2.05, 4.69) is 10.6 Å². The molecule has 1 aromatic carbocycles. The molecule has 1 aliphatic rings. The molecule has 9 heteroatoms. The zero-order valence-electron chi connectivity index (χ0n) is 16.9. The number of benzene rings is 1. The topological polar surface area (TPSA) is 77.4 Å². The predicted octanol–water partition coefficient (Wildman–Crippen LogP) is 3.66. The molecule has 0 bridgehead atoms. The highest BCUT2D eigenvalue weighted by Crippen LogP contribution is 2.33. The third-order valence-electron chi connectivity index (χ3n) is 4.52. The number of halogens is 3. The molecule has 1 amide bonds. The number of piperidine rings is 1. The van der Waals surface area contributed by atoms with Gasteiger partial charge in [-0.1, -0.05) is 0 Å². The molecule has 0 radical (unpaired) electrons. The van der Waals surface area contributed by atoms with Gasteiger partial charge in [-0.3, -0.25) is 0 Å². The standard InChI is InChI=1S/C20H27F3N4O2/c1-19(2,3)29-18(28)26-10-11-27(16-6-8-25-9-7-16)17-5-4-15(20(21,22)23)12-14(17)13-24/h4-5,12,16,25H,6-11H2,1-3H3,(H,26,28). The van der Waals surface area contributed by atoms with Crippen molar-refractivity contribution < 1.29 is 22.7 Å². The van der Waals surface area contributed by atoms with Crippen molar-refractivity contribution in [1.82, 2.24) is 10.6 Å². The Balaban J connectivity index is 2.20. The Hall–Kier alpha value is -2.47. The summed E-state index contributed by atoms with van der Waals surface area (Å²) in [4.78, 5) is 13.8. The lowest BCUT2D eigenvalue weighted by Crippen LogP contribution is -2.47. The Kier molecular flexibility index (Phi) is 7.36. The van der Waals surface area contributed by atoms with E-state index in [4.69, 9.17) is 4.74 Å². The van der Waals surface area contributed by atoms with Crippen LogP contribution in [0.2, 0.25) is 0 Å². The molecule has 1 aromatic rings. The van der Waals surface area contributed by atoms with Gasteiger partial charge in [0.15, 0.2) is 0 Å². The zero-order chi connectivity index (χ0) is 21.7. The lowest BCUT2D eigenvalue weighted by atomic mass is 10.0. The maximum absolute atomic E-state index is 13.0. The molecule has 160 valence electrons. The molecule has 2 rings (SSSR count). The summed E-state index contributed by atoms with van der Waals surface area (Å²) < 4.78 is 44.3. The fraction of sp³-hybridized carbons (Fsp3) is 0.600. The van der Waals surface area contributed by atoms with Gasteiger partial charge in [-0.05, 0) is 64.9 Å². The number of anilines is 1. The van der Waals surface area contributed by atoms with Gasteiger partial charge in [-0.2, -0.15) is 18.4 Å². The summed E-state index contributed by atoms with van der Waals surface area (Å²) in [7, 11) is 0. The molecule has 0 spiro atoms. The van der Waals surface area contributed by atoms with Crippen molar-refractivity contribution in [2.45, 2.75) is 51.4 Å². The fourth-order valence-corrected chi connectivity index (χ4v) is 3.26. The molecule has 1 aliphatic heterocycles. The lowest BCUT2D eigenvalue weighted by Gasteiger charge is -2.37. The van der Waals surface area contributed by atoms with Gasteiger partial charge < -0.3 is 20.3 Å². The number of ether oxygens (including phenoxy) is 1. The Labute approximate surface area is 169 Å². The van der Waals surface area contributed by atoms with Gasteiger partial charge in [-0.25, -0.2) is 4.79 Å². The molecule has 0 aliphatic carbocycles. The van der Waals surface area contributed by atoms with Gasteiger partial charge in [0.1, 0.15) is 11.7 Å². The minimum absolute atomic E-state index is 0.0318. The van der Waals surface area contributed by atoms with Crippen LogP contribution in [0, 0.1) is 11.3 Å². The number of carbonyl (C=O) groups is 1. The van der Waals surface area contributed by atoms with E-state index in [1.165, 1.54) is 6.07 Å². The molecule has 1 saturated heterocycles. The Morgan fingerprint density at radius 1 is 1.31 bits per heavy atom. The monoisotopic (exact) mass is 412 g/mol. The van der Waals surface area contributed by atoms with Crippen LogP contribution in [-0.2, 0) is 10.9 Å². The van der Waals surface area contributed by atoms with Crippen LogP contribution >= 0.6 is 0 Å². The summed E-state index contributed by atoms with van der Waals surface area (Å²) in [5, 5.41) is 15.4. The maximum Gasteiger partial charge on any atom is 0.416 e. The summed E-state index contributed by atoms with van der Waals surface area (Å²) in [6, 6.07) is 5.16. The summed E-state index contributed by atoms with van der Waals surface area (Å²) in [5.41, 5.74) is -1.07. The number of rotatable bonds is 5. The summed E-state index contributed by atoms with van der Waals surface area (Å²) in [6.07, 6.45) is -3.49. The van der Waals surface area contributed by atoms with Gasteiger partial charge in [0.2, 0.25) is 0 Å². The lowest BCUT2D eigenvalue weighted by molar-refractivity contribution is -0.137. The van der Waals surface area contributed by atoms with E-state index in [-0.39, 0.29) is 18.2 Å². The van der Waals surface area contributed by atoms with E-state index in [0.29, 0.717) is 12.2 Å². The third kappa shape index (κ3) is 6.82. The van der Waals surface area contributed by atoms with Crippen molar-refractivity contribution in [3.05, 3.63) is 29.3 Å².